The van der Waals surface area contributed by atoms with E-state index in [1.165, 1.54) is 13.3 Å². The third kappa shape index (κ3) is 6.38. The predicted octanol–water partition coefficient (Wildman–Crippen LogP) is 2.84. The van der Waals surface area contributed by atoms with E-state index in [1.807, 2.05) is 0 Å². The molecule has 3 heterocycles. The van der Waals surface area contributed by atoms with Crippen LogP contribution < -0.4 is 15.3 Å². The SMILES string of the molecule is CC(C)OC(=O)[C@H](C)NP(=O)(Oc1ccccc1)O[C@@H]1C[C@H](n2cnc3c(N)nc(Cl)nc32)OC1CO. The highest BCUT2D eigenvalue weighted by Gasteiger charge is 2.44. The second kappa shape index (κ2) is 11.3. The molecule has 13 nitrogen and oxygen atoms in total. The van der Waals surface area contributed by atoms with Gasteiger partial charge in [0.15, 0.2) is 11.5 Å². The van der Waals surface area contributed by atoms with Gasteiger partial charge in [-0.05, 0) is 44.5 Å². The van der Waals surface area contributed by atoms with Crippen molar-refractivity contribution < 1.29 is 33.0 Å². The first-order chi connectivity index (χ1) is 17.6. The second-order valence-electron chi connectivity index (χ2n) is 8.63. The lowest BCUT2D eigenvalue weighted by Gasteiger charge is -2.26. The predicted molar refractivity (Wildman–Crippen MR) is 134 cm³/mol. The van der Waals surface area contributed by atoms with Crippen molar-refractivity contribution in [3.63, 3.8) is 0 Å². The second-order valence-corrected chi connectivity index (χ2v) is 10.6. The van der Waals surface area contributed by atoms with Crippen LogP contribution in [0.2, 0.25) is 5.28 Å². The number of benzene rings is 1. The smallest absolute Gasteiger partial charge is 0.459 e. The van der Waals surface area contributed by atoms with Gasteiger partial charge in [-0.3, -0.25) is 13.9 Å². The number of rotatable bonds is 10. The minimum atomic E-state index is -4.20. The summed E-state index contributed by atoms with van der Waals surface area (Å²) in [5.41, 5.74) is 6.55. The first-order valence-electron chi connectivity index (χ1n) is 11.5. The van der Waals surface area contributed by atoms with Crippen molar-refractivity contribution in [2.45, 2.75) is 57.8 Å². The van der Waals surface area contributed by atoms with Gasteiger partial charge >= 0.3 is 13.7 Å². The Labute approximate surface area is 217 Å². The number of nitrogens with zero attached hydrogens (tertiary/aromatic N) is 4. The maximum atomic E-state index is 13.9. The summed E-state index contributed by atoms with van der Waals surface area (Å²) in [5.74, 6) is -0.277. The lowest BCUT2D eigenvalue weighted by atomic mass is 10.2. The van der Waals surface area contributed by atoms with Crippen molar-refractivity contribution in [3.05, 3.63) is 41.9 Å². The van der Waals surface area contributed by atoms with Crippen molar-refractivity contribution in [2.24, 2.45) is 0 Å². The number of esters is 1. The number of imidazole rings is 1. The first-order valence-corrected chi connectivity index (χ1v) is 13.4. The van der Waals surface area contributed by atoms with Gasteiger partial charge in [0, 0.05) is 6.42 Å². The number of halogens is 1. The zero-order valence-corrected chi connectivity index (χ0v) is 22.0. The van der Waals surface area contributed by atoms with Gasteiger partial charge in [-0.25, -0.2) is 9.55 Å². The van der Waals surface area contributed by atoms with E-state index in [4.69, 9.17) is 35.9 Å². The van der Waals surface area contributed by atoms with E-state index in [9.17, 15) is 14.5 Å². The molecule has 1 aliphatic heterocycles. The molecule has 15 heteroatoms. The summed E-state index contributed by atoms with van der Waals surface area (Å²) in [6, 6.07) is 7.33. The fourth-order valence-corrected chi connectivity index (χ4v) is 5.65. The Hall–Kier alpha value is -2.80. The average Bonchev–Trinajstić information content (AvgIpc) is 3.42. The minimum absolute atomic E-state index is 0.0662. The highest BCUT2D eigenvalue weighted by molar-refractivity contribution is 7.52. The molecule has 3 aromatic rings. The molecule has 1 fully saturated rings. The number of aliphatic hydroxyl groups is 1. The van der Waals surface area contributed by atoms with E-state index in [0.29, 0.717) is 11.2 Å². The Kier molecular flexibility index (Phi) is 8.32. The molecular weight excluding hydrogens is 527 g/mol. The zero-order chi connectivity index (χ0) is 26.7. The number of hydrogen-bond acceptors (Lipinski definition) is 11. The number of nitrogens with two attached hydrogens (primary N) is 1. The average molecular weight is 555 g/mol. The van der Waals surface area contributed by atoms with Gasteiger partial charge in [0.2, 0.25) is 5.28 Å². The van der Waals surface area contributed by atoms with Crippen molar-refractivity contribution >= 4 is 42.3 Å². The maximum Gasteiger partial charge on any atom is 0.459 e. The number of aliphatic hydroxyl groups excluding tert-OH is 1. The quantitative estimate of drug-likeness (QED) is 0.190. The van der Waals surface area contributed by atoms with E-state index < -0.39 is 44.8 Å². The molecule has 1 aromatic carbocycles. The van der Waals surface area contributed by atoms with Crippen LogP contribution >= 0.6 is 19.3 Å². The first kappa shape index (κ1) is 27.2. The number of ether oxygens (including phenoxy) is 2. The van der Waals surface area contributed by atoms with Crippen LogP contribution in [-0.4, -0.2) is 61.6 Å². The van der Waals surface area contributed by atoms with Crippen LogP contribution in [0.15, 0.2) is 36.7 Å². The Morgan fingerprint density at radius 2 is 2.05 bits per heavy atom. The Balaban J connectivity index is 1.58. The van der Waals surface area contributed by atoms with Crippen LogP contribution in [-0.2, 0) is 23.4 Å². The fourth-order valence-electron chi connectivity index (χ4n) is 3.77. The summed E-state index contributed by atoms with van der Waals surface area (Å²) in [6.45, 7) is 4.45. The van der Waals surface area contributed by atoms with E-state index in [-0.39, 0.29) is 29.4 Å². The highest BCUT2D eigenvalue weighted by atomic mass is 35.5. The van der Waals surface area contributed by atoms with Crippen molar-refractivity contribution in [1.29, 1.82) is 0 Å². The molecule has 0 bridgehead atoms. The van der Waals surface area contributed by atoms with Gasteiger partial charge < -0.3 is 24.8 Å². The molecule has 0 amide bonds. The largest absolute Gasteiger partial charge is 0.462 e. The van der Waals surface area contributed by atoms with Gasteiger partial charge in [-0.2, -0.15) is 15.1 Å². The number of carbonyl (C=O) groups is 1. The number of para-hydroxylation sites is 1. The van der Waals surface area contributed by atoms with Crippen LogP contribution in [0.3, 0.4) is 0 Å². The summed E-state index contributed by atoms with van der Waals surface area (Å²) in [5, 5.41) is 12.6. The molecule has 0 radical (unpaired) electrons. The molecule has 5 atom stereocenters. The van der Waals surface area contributed by atoms with Crippen LogP contribution in [0, 0.1) is 0 Å². The van der Waals surface area contributed by atoms with Gasteiger partial charge in [-0.15, -0.1) is 0 Å². The normalized spacial score (nSPS) is 22.2. The molecule has 200 valence electrons. The minimum Gasteiger partial charge on any atom is -0.462 e. The van der Waals surface area contributed by atoms with Crippen molar-refractivity contribution in [2.75, 3.05) is 12.3 Å². The number of fused-ring (bicyclic) bond motifs is 1. The Morgan fingerprint density at radius 3 is 2.73 bits per heavy atom. The fraction of sp³-hybridized carbons (Fsp3) is 0.455. The number of nitrogen functional groups attached to an aromatic ring is 1. The third-order valence-corrected chi connectivity index (χ3v) is 7.26. The lowest BCUT2D eigenvalue weighted by molar-refractivity contribution is -0.149. The summed E-state index contributed by atoms with van der Waals surface area (Å²) in [6.07, 6.45) is -1.29. The Bertz CT molecular complexity index is 1290. The molecular formula is C22H28ClN6O7P. The molecule has 0 spiro atoms. The van der Waals surface area contributed by atoms with Crippen LogP contribution in [0.5, 0.6) is 5.75 Å². The molecule has 1 aliphatic rings. The molecule has 2 aromatic heterocycles. The zero-order valence-electron chi connectivity index (χ0n) is 20.4. The van der Waals surface area contributed by atoms with E-state index in [1.54, 1.807) is 48.7 Å². The number of nitrogens with one attached hydrogen (secondary N) is 1. The van der Waals surface area contributed by atoms with Crippen molar-refractivity contribution in [3.8, 4) is 5.75 Å². The van der Waals surface area contributed by atoms with Crippen LogP contribution in [0.25, 0.3) is 11.2 Å². The van der Waals surface area contributed by atoms with Gasteiger partial charge in [-0.1, -0.05) is 18.2 Å². The van der Waals surface area contributed by atoms with Gasteiger partial charge in [0.1, 0.15) is 35.7 Å². The molecule has 0 aliphatic carbocycles. The topological polar surface area (TPSA) is 173 Å². The molecule has 2 unspecified atom stereocenters. The van der Waals surface area contributed by atoms with E-state index in [0.717, 1.165) is 0 Å². The van der Waals surface area contributed by atoms with Gasteiger partial charge in [0.25, 0.3) is 0 Å². The summed E-state index contributed by atoms with van der Waals surface area (Å²) in [4.78, 5) is 24.7. The number of hydrogen-bond donors (Lipinski definition) is 3. The van der Waals surface area contributed by atoms with E-state index >= 15 is 0 Å². The summed E-state index contributed by atoms with van der Waals surface area (Å²) < 4.78 is 38.3. The molecule has 37 heavy (non-hydrogen) atoms. The van der Waals surface area contributed by atoms with Crippen LogP contribution in [0.4, 0.5) is 5.82 Å². The lowest BCUT2D eigenvalue weighted by Crippen LogP contribution is -2.38. The van der Waals surface area contributed by atoms with Crippen molar-refractivity contribution in [1.82, 2.24) is 24.6 Å². The standard InChI is InChI=1S/C22H28ClN6O7P/c1-12(2)33-21(31)13(3)28-37(32,35-14-7-5-4-6-8-14)36-15-9-17(34-16(15)10-30)29-11-25-18-19(24)26-22(23)27-20(18)29/h4-8,11-13,15-17,30H,9-10H2,1-3H3,(H,28,32)(H2,24,26,27)/t13-,15+,16?,17+,37?/m0/s1. The Morgan fingerprint density at radius 1 is 1.32 bits per heavy atom. The molecule has 4 rings (SSSR count). The van der Waals surface area contributed by atoms with Gasteiger partial charge in [0.05, 0.1) is 19.0 Å². The summed E-state index contributed by atoms with van der Waals surface area (Å²) in [7, 11) is -4.20. The number of aromatic nitrogens is 4. The molecule has 1 saturated heterocycles. The van der Waals surface area contributed by atoms with E-state index in [2.05, 4.69) is 20.0 Å². The number of anilines is 1. The van der Waals surface area contributed by atoms with Crippen LogP contribution in [0.1, 0.15) is 33.4 Å². The number of carbonyl (C=O) groups excluding carboxylic acids is 1. The third-order valence-electron chi connectivity index (χ3n) is 5.39. The molecule has 0 saturated carbocycles. The molecule has 4 N–H and O–H groups in total. The monoisotopic (exact) mass is 554 g/mol. The maximum absolute atomic E-state index is 13.9. The highest BCUT2D eigenvalue weighted by Crippen LogP contribution is 2.49. The summed E-state index contributed by atoms with van der Waals surface area (Å²) >= 11 is 5.97.